The minimum absolute atomic E-state index is 0.136. The van der Waals surface area contributed by atoms with Crippen molar-refractivity contribution in [1.29, 1.82) is 0 Å². The maximum atomic E-state index is 12.3. The predicted molar refractivity (Wildman–Crippen MR) is 96.7 cm³/mol. The number of fused-ring (bicyclic) bond motifs is 1. The fraction of sp³-hybridized carbons (Fsp3) is 0.111. The summed E-state index contributed by atoms with van der Waals surface area (Å²) in [5.41, 5.74) is 1.63. The second-order valence-corrected chi connectivity index (χ2v) is 6.45. The van der Waals surface area contributed by atoms with Crippen LogP contribution in [0.5, 0.6) is 0 Å². The van der Waals surface area contributed by atoms with Gasteiger partial charge in [-0.1, -0.05) is 23.9 Å². The number of hydrogen-bond donors (Lipinski definition) is 1. The van der Waals surface area contributed by atoms with Crippen molar-refractivity contribution >= 4 is 23.4 Å². The Bertz CT molecular complexity index is 996. The Balaban J connectivity index is 1.39. The number of nitrogens with zero attached hydrogens (tertiary/aromatic N) is 4. The molecule has 3 aromatic heterocycles. The summed E-state index contributed by atoms with van der Waals surface area (Å²) in [5.74, 6) is 1.82. The fourth-order valence-electron chi connectivity index (χ4n) is 2.41. The fourth-order valence-corrected chi connectivity index (χ4v) is 3.17. The molecule has 130 valence electrons. The van der Waals surface area contributed by atoms with Gasteiger partial charge in [0.25, 0.3) is 11.7 Å². The predicted octanol–water partition coefficient (Wildman–Crippen LogP) is 2.94. The zero-order valence-electron chi connectivity index (χ0n) is 13.7. The van der Waals surface area contributed by atoms with Crippen molar-refractivity contribution < 1.29 is 9.21 Å². The number of carbonyl (C=O) groups is 1. The standard InChI is InChI=1S/C18H15N5O2S/c24-16(20-11-15-6-2-9-25-15)14-5-1-4-13(10-14)12-26-18-21-17-19-7-3-8-23(17)22-18/h1-10H,11-12H2,(H,20,24). The van der Waals surface area contributed by atoms with E-state index in [-0.39, 0.29) is 5.91 Å². The molecule has 7 nitrogen and oxygen atoms in total. The second kappa shape index (κ2) is 7.40. The molecule has 26 heavy (non-hydrogen) atoms. The van der Waals surface area contributed by atoms with E-state index in [9.17, 15) is 4.79 Å². The highest BCUT2D eigenvalue weighted by molar-refractivity contribution is 7.98. The summed E-state index contributed by atoms with van der Waals surface area (Å²) in [6.45, 7) is 0.364. The third-order valence-corrected chi connectivity index (χ3v) is 4.57. The number of aromatic nitrogens is 4. The molecular weight excluding hydrogens is 350 g/mol. The maximum absolute atomic E-state index is 12.3. The van der Waals surface area contributed by atoms with Gasteiger partial charge in [-0.05, 0) is 35.9 Å². The number of thioether (sulfide) groups is 1. The molecule has 1 N–H and O–H groups in total. The van der Waals surface area contributed by atoms with Crippen LogP contribution in [0, 0.1) is 0 Å². The third kappa shape index (κ3) is 3.75. The zero-order valence-corrected chi connectivity index (χ0v) is 14.5. The van der Waals surface area contributed by atoms with Crippen molar-refractivity contribution in [3.05, 3.63) is 78.0 Å². The molecule has 0 aliphatic rings. The minimum atomic E-state index is -0.136. The van der Waals surface area contributed by atoms with Gasteiger partial charge in [0.2, 0.25) is 5.16 Å². The summed E-state index contributed by atoms with van der Waals surface area (Å²) in [6, 6.07) is 12.9. The van der Waals surface area contributed by atoms with Gasteiger partial charge < -0.3 is 9.73 Å². The Labute approximate surface area is 153 Å². The molecule has 0 fully saturated rings. The van der Waals surface area contributed by atoms with E-state index in [1.165, 1.54) is 11.8 Å². The lowest BCUT2D eigenvalue weighted by Crippen LogP contribution is -2.22. The van der Waals surface area contributed by atoms with Gasteiger partial charge in [0.05, 0.1) is 12.8 Å². The van der Waals surface area contributed by atoms with Crippen LogP contribution in [0.3, 0.4) is 0 Å². The molecule has 0 spiro atoms. The summed E-state index contributed by atoms with van der Waals surface area (Å²) >= 11 is 1.50. The summed E-state index contributed by atoms with van der Waals surface area (Å²) in [5, 5.41) is 7.85. The molecule has 4 rings (SSSR count). The first-order chi connectivity index (χ1) is 12.8. The van der Waals surface area contributed by atoms with E-state index in [0.717, 1.165) is 11.3 Å². The van der Waals surface area contributed by atoms with Crippen LogP contribution >= 0.6 is 11.8 Å². The maximum Gasteiger partial charge on any atom is 0.253 e. The van der Waals surface area contributed by atoms with Gasteiger partial charge in [-0.25, -0.2) is 9.50 Å². The molecule has 0 atom stereocenters. The third-order valence-electron chi connectivity index (χ3n) is 3.66. The van der Waals surface area contributed by atoms with Crippen LogP contribution in [0.2, 0.25) is 0 Å². The van der Waals surface area contributed by atoms with Crippen molar-refractivity contribution in [3.8, 4) is 0 Å². The van der Waals surface area contributed by atoms with Crippen LogP contribution in [0.4, 0.5) is 0 Å². The molecule has 0 unspecified atom stereocenters. The second-order valence-electron chi connectivity index (χ2n) is 5.51. The van der Waals surface area contributed by atoms with Crippen LogP contribution in [-0.4, -0.2) is 25.5 Å². The number of carbonyl (C=O) groups excluding carboxylic acids is 1. The van der Waals surface area contributed by atoms with Crippen molar-refractivity contribution in [2.75, 3.05) is 0 Å². The highest BCUT2D eigenvalue weighted by Gasteiger charge is 2.09. The van der Waals surface area contributed by atoms with Crippen molar-refractivity contribution in [1.82, 2.24) is 24.9 Å². The van der Waals surface area contributed by atoms with Crippen molar-refractivity contribution in [3.63, 3.8) is 0 Å². The molecular formula is C18H15N5O2S. The molecule has 1 aromatic carbocycles. The Morgan fingerprint density at radius 1 is 1.23 bits per heavy atom. The first-order valence-electron chi connectivity index (χ1n) is 7.98. The molecule has 0 radical (unpaired) electrons. The first-order valence-corrected chi connectivity index (χ1v) is 8.96. The SMILES string of the molecule is O=C(NCc1ccco1)c1cccc(CSc2nc3ncccn3n2)c1. The van der Waals surface area contributed by atoms with E-state index in [1.54, 1.807) is 35.2 Å². The highest BCUT2D eigenvalue weighted by Crippen LogP contribution is 2.20. The van der Waals surface area contributed by atoms with E-state index in [2.05, 4.69) is 20.4 Å². The van der Waals surface area contributed by atoms with Gasteiger partial charge in [0, 0.05) is 23.7 Å². The molecule has 4 aromatic rings. The summed E-state index contributed by atoms with van der Waals surface area (Å²) in [4.78, 5) is 20.8. The number of rotatable bonds is 6. The van der Waals surface area contributed by atoms with Gasteiger partial charge in [0.1, 0.15) is 5.76 Å². The van der Waals surface area contributed by atoms with E-state index >= 15 is 0 Å². The number of furan rings is 1. The zero-order chi connectivity index (χ0) is 17.8. The lowest BCUT2D eigenvalue weighted by atomic mass is 10.1. The van der Waals surface area contributed by atoms with Gasteiger partial charge >= 0.3 is 0 Å². The first kappa shape index (κ1) is 16.3. The molecule has 1 amide bonds. The van der Waals surface area contributed by atoms with Gasteiger partial charge in [-0.2, -0.15) is 4.98 Å². The Hall–Kier alpha value is -3.13. The highest BCUT2D eigenvalue weighted by atomic mass is 32.2. The van der Waals surface area contributed by atoms with E-state index in [0.29, 0.717) is 28.8 Å². The van der Waals surface area contributed by atoms with E-state index in [1.807, 2.05) is 30.5 Å². The quantitative estimate of drug-likeness (QED) is 0.529. The number of amides is 1. The van der Waals surface area contributed by atoms with E-state index in [4.69, 9.17) is 4.42 Å². The lowest BCUT2D eigenvalue weighted by Gasteiger charge is -2.05. The monoisotopic (exact) mass is 365 g/mol. The molecule has 0 saturated heterocycles. The smallest absolute Gasteiger partial charge is 0.253 e. The molecule has 0 saturated carbocycles. The largest absolute Gasteiger partial charge is 0.467 e. The van der Waals surface area contributed by atoms with Gasteiger partial charge in [0.15, 0.2) is 0 Å². The van der Waals surface area contributed by atoms with E-state index < -0.39 is 0 Å². The normalized spacial score (nSPS) is 10.9. The number of benzene rings is 1. The van der Waals surface area contributed by atoms with Gasteiger partial charge in [-0.15, -0.1) is 5.10 Å². The average Bonchev–Trinajstić information content (AvgIpc) is 3.33. The molecule has 0 aliphatic carbocycles. The Morgan fingerprint density at radius 2 is 2.19 bits per heavy atom. The van der Waals surface area contributed by atoms with Crippen LogP contribution in [0.1, 0.15) is 21.7 Å². The molecule has 0 bridgehead atoms. The minimum Gasteiger partial charge on any atom is -0.467 e. The Morgan fingerprint density at radius 3 is 3.04 bits per heavy atom. The summed E-state index contributed by atoms with van der Waals surface area (Å²) in [6.07, 6.45) is 5.08. The Kier molecular flexibility index (Phi) is 4.65. The molecule has 0 aliphatic heterocycles. The van der Waals surface area contributed by atoms with Crippen LogP contribution < -0.4 is 5.32 Å². The van der Waals surface area contributed by atoms with Gasteiger partial charge in [-0.3, -0.25) is 4.79 Å². The lowest BCUT2D eigenvalue weighted by molar-refractivity contribution is 0.0948. The summed E-state index contributed by atoms with van der Waals surface area (Å²) < 4.78 is 6.86. The van der Waals surface area contributed by atoms with Crippen LogP contribution in [0.25, 0.3) is 5.78 Å². The number of nitrogens with one attached hydrogen (secondary N) is 1. The average molecular weight is 365 g/mol. The van der Waals surface area contributed by atoms with Crippen molar-refractivity contribution in [2.24, 2.45) is 0 Å². The van der Waals surface area contributed by atoms with Crippen LogP contribution in [-0.2, 0) is 12.3 Å². The number of hydrogen-bond acceptors (Lipinski definition) is 6. The van der Waals surface area contributed by atoms with Crippen LogP contribution in [0.15, 0.2) is 70.7 Å². The molecule has 8 heteroatoms. The van der Waals surface area contributed by atoms with Crippen molar-refractivity contribution in [2.45, 2.75) is 17.5 Å². The summed E-state index contributed by atoms with van der Waals surface area (Å²) in [7, 11) is 0. The molecule has 3 heterocycles. The topological polar surface area (TPSA) is 85.3 Å².